The van der Waals surface area contributed by atoms with Crippen molar-refractivity contribution in [1.82, 2.24) is 84.1 Å². The van der Waals surface area contributed by atoms with Crippen LogP contribution < -0.4 is 21.3 Å². The molecule has 0 aliphatic carbocycles. The molecule has 4 N–H and O–H groups in total. The number of halogens is 1. The number of ether oxygens (including phenoxy) is 1. The van der Waals surface area contributed by atoms with Crippen LogP contribution in [0.3, 0.4) is 0 Å². The van der Waals surface area contributed by atoms with Gasteiger partial charge in [0.1, 0.15) is 30.4 Å². The summed E-state index contributed by atoms with van der Waals surface area (Å²) in [5.41, 5.74) is 11.2. The Morgan fingerprint density at radius 1 is 0.651 bits per heavy atom. The van der Waals surface area contributed by atoms with Crippen molar-refractivity contribution in [3.05, 3.63) is 102 Å². The van der Waals surface area contributed by atoms with Gasteiger partial charge in [-0.25, -0.2) is 23.8 Å². The lowest BCUT2D eigenvalue weighted by Crippen LogP contribution is -2.50. The van der Waals surface area contributed by atoms with Gasteiger partial charge < -0.3 is 60.3 Å². The standard InChI is InChI=1S/C75H93FN20O10/c1-86-36-37-95(75(86)105)56-6-5-25-93(44-56)62-42-79-69(70(77)101)71(82-62)81-54-11-9-47(10-12-54)48-15-30-90(31-16-48)73(103)51-21-34-92(35-22-51)74(104)52-23-32-91(33-24-52)72(102)50-19-28-89(29-20-50)65(99)14-13-64(98)88-26-17-49(18-27-88)68-67-57(58-39-61-53(38-59(58)76)40-80-87(61)2)7-4-8-60(67)96(84-68)45-63(97)78-41-55-43-94(85-83-55)46-66(100)106-3/h4,7-12,38-40,42-43,48-52,56H,5-6,13-37,41,44-46H2,1-3H3,(H2,77,101)(H,78,97)(H,81,82)/t56-/m1/s1. The summed E-state index contributed by atoms with van der Waals surface area (Å²) in [7, 11) is 4.90. The number of nitrogens with two attached hydrogens (primary N) is 1. The Labute approximate surface area is 613 Å². The summed E-state index contributed by atoms with van der Waals surface area (Å²) in [6.07, 6.45) is 12.8. The van der Waals surface area contributed by atoms with Gasteiger partial charge in [0.15, 0.2) is 11.5 Å². The van der Waals surface area contributed by atoms with Gasteiger partial charge in [-0.15, -0.1) is 5.10 Å². The van der Waals surface area contributed by atoms with Gasteiger partial charge in [0.2, 0.25) is 35.4 Å². The van der Waals surface area contributed by atoms with E-state index in [4.69, 9.17) is 20.6 Å². The summed E-state index contributed by atoms with van der Waals surface area (Å²) >= 11 is 0. The molecule has 31 heteroatoms. The van der Waals surface area contributed by atoms with Crippen molar-refractivity contribution in [2.75, 3.05) is 116 Å². The first-order valence-electron chi connectivity index (χ1n) is 37.4. The van der Waals surface area contributed by atoms with Gasteiger partial charge in [0.25, 0.3) is 5.91 Å². The number of likely N-dealkylation sites (tertiary alicyclic amines) is 5. The van der Waals surface area contributed by atoms with Gasteiger partial charge >= 0.3 is 12.0 Å². The normalized spacial score (nSPS) is 19.2. The molecular weight excluding hydrogens is 1360 g/mol. The van der Waals surface area contributed by atoms with E-state index in [-0.39, 0.29) is 121 Å². The van der Waals surface area contributed by atoms with E-state index in [9.17, 15) is 43.2 Å². The van der Waals surface area contributed by atoms with Crippen molar-refractivity contribution >= 4 is 92.5 Å². The molecule has 1 atom stereocenters. The second-order valence-electron chi connectivity index (χ2n) is 29.4. The number of carbonyl (C=O) groups is 9. The maximum absolute atomic E-state index is 16.2. The monoisotopic (exact) mass is 1450 g/mol. The highest BCUT2D eigenvalue weighted by molar-refractivity contribution is 6.00. The van der Waals surface area contributed by atoms with E-state index < -0.39 is 17.7 Å². The van der Waals surface area contributed by atoms with Crippen molar-refractivity contribution in [2.24, 2.45) is 30.5 Å². The zero-order valence-electron chi connectivity index (χ0n) is 60.5. The number of urea groups is 1. The Bertz CT molecular complexity index is 4460. The van der Waals surface area contributed by atoms with Crippen LogP contribution in [-0.2, 0) is 65.0 Å². The predicted octanol–water partition coefficient (Wildman–Crippen LogP) is 5.39. The van der Waals surface area contributed by atoms with Crippen LogP contribution in [0.1, 0.15) is 129 Å². The number of anilines is 3. The second kappa shape index (κ2) is 31.6. The maximum Gasteiger partial charge on any atom is 0.327 e. The average Bonchev–Trinajstić information content (AvgIpc) is 1.58. The Kier molecular flexibility index (Phi) is 21.6. The van der Waals surface area contributed by atoms with E-state index in [0.717, 1.165) is 49.0 Å². The molecule has 0 radical (unpaired) electrons. The number of hydrogen-bond donors (Lipinski definition) is 3. The van der Waals surface area contributed by atoms with Crippen LogP contribution >= 0.6 is 0 Å². The maximum atomic E-state index is 16.2. The molecule has 0 bridgehead atoms. The molecule has 30 nitrogen and oxygen atoms in total. The van der Waals surface area contributed by atoms with E-state index in [1.165, 1.54) is 17.9 Å². The van der Waals surface area contributed by atoms with Crippen LogP contribution in [0.5, 0.6) is 0 Å². The van der Waals surface area contributed by atoms with Crippen LogP contribution in [0.15, 0.2) is 73.2 Å². The van der Waals surface area contributed by atoms with Crippen molar-refractivity contribution < 1.29 is 52.3 Å². The Hall–Kier alpha value is -10.6. The van der Waals surface area contributed by atoms with Crippen LogP contribution in [-0.4, -0.2) is 244 Å². The number of piperidine rings is 6. The summed E-state index contributed by atoms with van der Waals surface area (Å²) in [5, 5.41) is 24.9. The number of aryl methyl sites for hydroxylation is 1. The first-order valence-corrected chi connectivity index (χ1v) is 37.4. The smallest absolute Gasteiger partial charge is 0.327 e. The summed E-state index contributed by atoms with van der Waals surface area (Å²) in [4.78, 5) is 144. The molecule has 0 spiro atoms. The average molecular weight is 1450 g/mol. The summed E-state index contributed by atoms with van der Waals surface area (Å²) in [6.45, 7) is 7.52. The fourth-order valence-corrected chi connectivity index (χ4v) is 16.8. The van der Waals surface area contributed by atoms with Crippen molar-refractivity contribution in [2.45, 2.75) is 127 Å². The van der Waals surface area contributed by atoms with Crippen LogP contribution in [0.25, 0.3) is 32.9 Å². The number of likely N-dealkylation sites (N-methyl/N-ethyl adjacent to an activating group) is 1. The van der Waals surface area contributed by atoms with Gasteiger partial charge in [-0.3, -0.25) is 47.7 Å². The van der Waals surface area contributed by atoms with Gasteiger partial charge in [-0.1, -0.05) is 29.5 Å². The van der Waals surface area contributed by atoms with Crippen molar-refractivity contribution in [1.29, 1.82) is 0 Å². The Balaban J connectivity index is 0.495. The molecule has 7 aromatic rings. The van der Waals surface area contributed by atoms with Crippen molar-refractivity contribution in [3.8, 4) is 11.1 Å². The lowest BCUT2D eigenvalue weighted by molar-refractivity contribution is -0.146. The zero-order chi connectivity index (χ0) is 73.9. The highest BCUT2D eigenvalue weighted by atomic mass is 19.1. The number of carbonyl (C=O) groups excluding carboxylic acids is 9. The number of fused-ring (bicyclic) bond motifs is 2. The molecule has 11 heterocycles. The molecule has 7 aliphatic rings. The van der Waals surface area contributed by atoms with Gasteiger partial charge in [0.05, 0.1) is 55.0 Å². The summed E-state index contributed by atoms with van der Waals surface area (Å²) in [6, 6.07) is 16.9. The third-order valence-corrected chi connectivity index (χ3v) is 22.9. The SMILES string of the molecule is COC(=O)Cn1cc(CNC(=O)Cn2nc(C3CCN(C(=O)CCC(=O)N4CCC(C(=O)N5CCC(C(=O)N6CCC(C(=O)N7CCC(c8ccc(Nc9nc(N%10CCC[C@@H](N%11CCN(C)C%11=O)C%10)cnc9C(N)=O)cc8)CC7)CC6)CC5)CC4)CC3)c3c(-c4cc5c(cnn5C)cc4F)cccc32)nn1. The van der Waals surface area contributed by atoms with Gasteiger partial charge in [0, 0.05) is 164 Å². The number of rotatable bonds is 20. The minimum atomic E-state index is -0.693. The van der Waals surface area contributed by atoms with Crippen LogP contribution in [0, 0.1) is 23.6 Å². The topological polar surface area (TPSA) is 331 Å². The quantitative estimate of drug-likeness (QED) is 0.0806. The van der Waals surface area contributed by atoms with E-state index in [0.29, 0.717) is 181 Å². The summed E-state index contributed by atoms with van der Waals surface area (Å²) in [5.74, 6) is -1.49. The minimum absolute atomic E-state index is 0.0375. The largest absolute Gasteiger partial charge is 0.468 e. The molecule has 14 rings (SSSR count). The molecule has 3 aromatic carbocycles. The fourth-order valence-electron chi connectivity index (χ4n) is 16.8. The molecular formula is C75H93FN20O10. The first-order chi connectivity index (χ1) is 51.3. The Morgan fingerprint density at radius 3 is 1.86 bits per heavy atom. The van der Waals surface area contributed by atoms with Crippen molar-refractivity contribution in [3.63, 3.8) is 0 Å². The number of nitrogens with one attached hydrogen (secondary N) is 2. The number of methoxy groups -OCH3 is 1. The molecule has 9 amide bonds. The number of nitrogens with zero attached hydrogens (tertiary/aromatic N) is 17. The Morgan fingerprint density at radius 2 is 1.25 bits per heavy atom. The predicted molar refractivity (Wildman–Crippen MR) is 388 cm³/mol. The molecule has 7 saturated heterocycles. The van der Waals surface area contributed by atoms with E-state index >= 15 is 4.39 Å². The molecule has 560 valence electrons. The third-order valence-electron chi connectivity index (χ3n) is 22.9. The number of hydrogen-bond acceptors (Lipinski definition) is 18. The highest BCUT2D eigenvalue weighted by Gasteiger charge is 2.40. The number of benzene rings is 3. The van der Waals surface area contributed by atoms with E-state index in [1.807, 2.05) is 57.0 Å². The minimum Gasteiger partial charge on any atom is -0.468 e. The van der Waals surface area contributed by atoms with E-state index in [1.54, 1.807) is 55.8 Å². The van der Waals surface area contributed by atoms with Gasteiger partial charge in [-0.2, -0.15) is 10.2 Å². The number of primary amides is 1. The molecule has 106 heavy (non-hydrogen) atoms. The zero-order valence-corrected chi connectivity index (χ0v) is 60.5. The molecule has 4 aromatic heterocycles. The van der Waals surface area contributed by atoms with Gasteiger partial charge in [-0.05, 0) is 124 Å². The van der Waals surface area contributed by atoms with Crippen LogP contribution in [0.2, 0.25) is 0 Å². The highest BCUT2D eigenvalue weighted by Crippen LogP contribution is 2.41. The third kappa shape index (κ3) is 15.7. The number of amides is 9. The molecule has 7 aliphatic heterocycles. The molecule has 0 saturated carbocycles. The number of esters is 1. The second-order valence-corrected chi connectivity index (χ2v) is 29.4. The number of aromatic nitrogens is 9. The van der Waals surface area contributed by atoms with E-state index in [2.05, 4.69) is 48.1 Å². The summed E-state index contributed by atoms with van der Waals surface area (Å²) < 4.78 is 25.5. The first kappa shape index (κ1) is 72.3. The fraction of sp³-hybridized carbons (Fsp3) is 0.533. The molecule has 0 unspecified atom stereocenters. The molecule has 7 fully saturated rings. The lowest BCUT2D eigenvalue weighted by atomic mass is 9.87. The lowest BCUT2D eigenvalue weighted by Gasteiger charge is -2.40. The van der Waals surface area contributed by atoms with Crippen LogP contribution in [0.4, 0.5) is 26.5 Å².